The van der Waals surface area contributed by atoms with Crippen LogP contribution in [0.4, 0.5) is 0 Å². The Labute approximate surface area is 122 Å². The second-order valence-corrected chi connectivity index (χ2v) is 4.02. The predicted octanol–water partition coefficient (Wildman–Crippen LogP) is 2.62. The molecule has 0 radical (unpaired) electrons. The summed E-state index contributed by atoms with van der Waals surface area (Å²) >= 11 is 0. The molecule has 0 aliphatic carbocycles. The third-order valence-corrected chi connectivity index (χ3v) is 2.50. The lowest BCUT2D eigenvalue weighted by molar-refractivity contribution is -0.137. The second-order valence-electron chi connectivity index (χ2n) is 4.02. The highest BCUT2D eigenvalue weighted by Crippen LogP contribution is 2.09. The molecule has 2 aromatic carbocycles. The van der Waals surface area contributed by atoms with Gasteiger partial charge in [0.1, 0.15) is 12.9 Å². The van der Waals surface area contributed by atoms with E-state index in [1.54, 1.807) is 36.4 Å². The zero-order valence-corrected chi connectivity index (χ0v) is 11.6. The summed E-state index contributed by atoms with van der Waals surface area (Å²) < 4.78 is 10.5. The van der Waals surface area contributed by atoms with Gasteiger partial charge in [-0.05, 0) is 29.4 Å². The number of ether oxygens (including phenoxy) is 2. The predicted molar refractivity (Wildman–Crippen MR) is 78.0 cm³/mol. The van der Waals surface area contributed by atoms with Crippen LogP contribution in [0.5, 0.6) is 5.75 Å². The first-order valence-corrected chi connectivity index (χ1v) is 6.34. The van der Waals surface area contributed by atoms with Crippen LogP contribution in [-0.4, -0.2) is 25.6 Å². The van der Waals surface area contributed by atoms with Crippen LogP contribution in [-0.2, 0) is 14.4 Å². The number of hydrogen-bond acceptors (Lipinski definition) is 5. The summed E-state index contributed by atoms with van der Waals surface area (Å²) in [6.07, 6.45) is 0. The summed E-state index contributed by atoms with van der Waals surface area (Å²) in [6.45, 7) is -0.258. The fourth-order valence-electron chi connectivity index (χ4n) is 1.60. The standard InChI is InChI=1S/C16H15NO4/c1-19-17-16(13-8-4-2-5-9-13)20-12-15(18)21-14-10-6-3-7-11-14/h2-11H,12H2,1H3. The number of rotatable bonds is 5. The minimum Gasteiger partial charge on any atom is -0.463 e. The summed E-state index contributed by atoms with van der Waals surface area (Å²) in [4.78, 5) is 16.4. The van der Waals surface area contributed by atoms with Gasteiger partial charge in [-0.25, -0.2) is 4.79 Å². The van der Waals surface area contributed by atoms with Crippen molar-refractivity contribution in [2.24, 2.45) is 5.16 Å². The topological polar surface area (TPSA) is 57.1 Å². The zero-order valence-electron chi connectivity index (χ0n) is 11.6. The van der Waals surface area contributed by atoms with Crippen LogP contribution in [0.1, 0.15) is 5.56 Å². The molecule has 0 saturated carbocycles. The van der Waals surface area contributed by atoms with Gasteiger partial charge in [0.05, 0.1) is 0 Å². The van der Waals surface area contributed by atoms with E-state index < -0.39 is 5.97 Å². The molecule has 0 bridgehead atoms. The van der Waals surface area contributed by atoms with Crippen LogP contribution in [0.15, 0.2) is 65.8 Å². The van der Waals surface area contributed by atoms with Gasteiger partial charge in [-0.1, -0.05) is 36.4 Å². The van der Waals surface area contributed by atoms with Crippen LogP contribution in [0.2, 0.25) is 0 Å². The van der Waals surface area contributed by atoms with Crippen molar-refractivity contribution in [2.75, 3.05) is 13.7 Å². The van der Waals surface area contributed by atoms with Gasteiger partial charge in [-0.3, -0.25) is 0 Å². The van der Waals surface area contributed by atoms with Crippen LogP contribution in [0.25, 0.3) is 0 Å². The highest BCUT2D eigenvalue weighted by molar-refractivity contribution is 5.94. The van der Waals surface area contributed by atoms with Gasteiger partial charge in [0.25, 0.3) is 5.90 Å². The van der Waals surface area contributed by atoms with Gasteiger partial charge in [0.2, 0.25) is 0 Å². The number of benzene rings is 2. The Balaban J connectivity index is 1.94. The van der Waals surface area contributed by atoms with Gasteiger partial charge < -0.3 is 14.3 Å². The summed E-state index contributed by atoms with van der Waals surface area (Å²) in [5.41, 5.74) is 0.715. The highest BCUT2D eigenvalue weighted by atomic mass is 16.6. The van der Waals surface area contributed by atoms with Crippen molar-refractivity contribution in [2.45, 2.75) is 0 Å². The fraction of sp³-hybridized carbons (Fsp3) is 0.125. The molecular weight excluding hydrogens is 270 g/mol. The number of carbonyl (C=O) groups is 1. The van der Waals surface area contributed by atoms with Gasteiger partial charge >= 0.3 is 5.97 Å². The lowest BCUT2D eigenvalue weighted by Gasteiger charge is -2.08. The van der Waals surface area contributed by atoms with Crippen LogP contribution in [0.3, 0.4) is 0 Å². The number of oxime groups is 1. The minimum absolute atomic E-state index is 0.225. The van der Waals surface area contributed by atoms with Crippen molar-refractivity contribution >= 4 is 11.9 Å². The molecule has 0 aliphatic heterocycles. The molecule has 108 valence electrons. The van der Waals surface area contributed by atoms with Crippen molar-refractivity contribution in [3.63, 3.8) is 0 Å². The number of esters is 1. The quantitative estimate of drug-likeness (QED) is 0.278. The summed E-state index contributed by atoms with van der Waals surface area (Å²) in [6, 6.07) is 18.0. The molecule has 5 nitrogen and oxygen atoms in total. The summed E-state index contributed by atoms with van der Waals surface area (Å²) in [5.74, 6) is 0.181. The molecule has 0 spiro atoms. The molecular formula is C16H15NO4. The smallest absolute Gasteiger partial charge is 0.349 e. The normalized spacial score (nSPS) is 10.8. The van der Waals surface area contributed by atoms with Crippen LogP contribution in [0, 0.1) is 0 Å². The van der Waals surface area contributed by atoms with Crippen molar-refractivity contribution in [3.05, 3.63) is 66.2 Å². The number of carbonyl (C=O) groups excluding carboxylic acids is 1. The summed E-state index contributed by atoms with van der Waals surface area (Å²) in [5, 5.41) is 3.76. The maximum atomic E-state index is 11.7. The van der Waals surface area contributed by atoms with E-state index in [-0.39, 0.29) is 12.5 Å². The molecule has 0 aromatic heterocycles. The lowest BCUT2D eigenvalue weighted by Crippen LogP contribution is -2.19. The van der Waals surface area contributed by atoms with Crippen molar-refractivity contribution < 1.29 is 19.1 Å². The monoisotopic (exact) mass is 285 g/mol. The van der Waals surface area contributed by atoms with E-state index in [2.05, 4.69) is 5.16 Å². The van der Waals surface area contributed by atoms with Crippen molar-refractivity contribution in [1.82, 2.24) is 0 Å². The van der Waals surface area contributed by atoms with Crippen LogP contribution >= 0.6 is 0 Å². The Morgan fingerprint density at radius 1 is 1.00 bits per heavy atom. The SMILES string of the molecule is CON=C(OCC(=O)Oc1ccccc1)c1ccccc1. The second kappa shape index (κ2) is 7.69. The van der Waals surface area contributed by atoms with E-state index in [4.69, 9.17) is 14.3 Å². The summed E-state index contributed by atoms with van der Waals surface area (Å²) in [7, 11) is 1.41. The van der Waals surface area contributed by atoms with E-state index in [9.17, 15) is 4.79 Å². The first kappa shape index (κ1) is 14.6. The fourth-order valence-corrected chi connectivity index (χ4v) is 1.60. The Bertz CT molecular complexity index is 596. The van der Waals surface area contributed by atoms with Gasteiger partial charge in [0, 0.05) is 5.56 Å². The molecule has 21 heavy (non-hydrogen) atoms. The van der Waals surface area contributed by atoms with Gasteiger partial charge in [-0.2, -0.15) is 0 Å². The molecule has 0 N–H and O–H groups in total. The van der Waals surface area contributed by atoms with Crippen molar-refractivity contribution in [1.29, 1.82) is 0 Å². The maximum Gasteiger partial charge on any atom is 0.349 e. The van der Waals surface area contributed by atoms with Gasteiger partial charge in [-0.15, -0.1) is 0 Å². The average Bonchev–Trinajstić information content (AvgIpc) is 2.53. The van der Waals surface area contributed by atoms with E-state index in [1.165, 1.54) is 7.11 Å². The Hall–Kier alpha value is -2.82. The van der Waals surface area contributed by atoms with E-state index in [0.717, 1.165) is 0 Å². The Morgan fingerprint density at radius 3 is 2.24 bits per heavy atom. The third-order valence-electron chi connectivity index (χ3n) is 2.50. The molecule has 0 saturated heterocycles. The largest absolute Gasteiger partial charge is 0.463 e. The minimum atomic E-state index is -0.513. The van der Waals surface area contributed by atoms with Crippen molar-refractivity contribution in [3.8, 4) is 5.75 Å². The zero-order chi connectivity index (χ0) is 14.9. The number of nitrogens with zero attached hydrogens (tertiary/aromatic N) is 1. The molecule has 0 amide bonds. The first-order chi connectivity index (χ1) is 10.3. The van der Waals surface area contributed by atoms with E-state index >= 15 is 0 Å². The highest BCUT2D eigenvalue weighted by Gasteiger charge is 2.10. The number of para-hydroxylation sites is 1. The molecule has 0 aliphatic rings. The Morgan fingerprint density at radius 2 is 1.62 bits per heavy atom. The maximum absolute atomic E-state index is 11.7. The van der Waals surface area contributed by atoms with E-state index in [1.807, 2.05) is 24.3 Å². The Kier molecular flexibility index (Phi) is 5.34. The molecule has 5 heteroatoms. The first-order valence-electron chi connectivity index (χ1n) is 6.34. The lowest BCUT2D eigenvalue weighted by atomic mass is 10.2. The molecule has 0 heterocycles. The number of hydrogen-bond donors (Lipinski definition) is 0. The average molecular weight is 285 g/mol. The van der Waals surface area contributed by atoms with Crippen LogP contribution < -0.4 is 4.74 Å². The molecule has 2 rings (SSSR count). The molecule has 0 fully saturated rings. The third kappa shape index (κ3) is 4.65. The van der Waals surface area contributed by atoms with Gasteiger partial charge in [0.15, 0.2) is 6.61 Å². The molecule has 0 unspecified atom stereocenters. The molecule has 2 aromatic rings. The van der Waals surface area contributed by atoms with E-state index in [0.29, 0.717) is 11.3 Å². The molecule has 0 atom stereocenters.